The van der Waals surface area contributed by atoms with Crippen molar-refractivity contribution < 1.29 is 13.5 Å². The van der Waals surface area contributed by atoms with Crippen LogP contribution in [0.15, 0.2) is 16.6 Å². The van der Waals surface area contributed by atoms with Crippen molar-refractivity contribution in [3.05, 3.63) is 33.8 Å². The zero-order chi connectivity index (χ0) is 13.3. The molecular formula is C12H15BrF2N2O. The topological polar surface area (TPSA) is 47.3 Å². The van der Waals surface area contributed by atoms with Gasteiger partial charge in [-0.1, -0.05) is 0 Å². The first kappa shape index (κ1) is 13.9. The molecule has 1 aromatic rings. The smallest absolute Gasteiger partial charge is 0.145 e. The third-order valence-electron chi connectivity index (χ3n) is 3.27. The lowest BCUT2D eigenvalue weighted by Gasteiger charge is -2.23. The maximum atomic E-state index is 14.0. The molecule has 1 aliphatic rings. The molecule has 0 radical (unpaired) electrons. The molecule has 3 N–H and O–H groups in total. The second kappa shape index (κ2) is 5.61. The Hall–Kier alpha value is -0.560. The molecule has 3 nitrogen and oxygen atoms in total. The number of ether oxygens (including phenoxy) is 1. The van der Waals surface area contributed by atoms with Crippen molar-refractivity contribution in [1.29, 1.82) is 0 Å². The van der Waals surface area contributed by atoms with Gasteiger partial charge in [-0.2, -0.15) is 0 Å². The third-order valence-corrected chi connectivity index (χ3v) is 3.88. The largest absolute Gasteiger partial charge is 0.378 e. The van der Waals surface area contributed by atoms with Crippen molar-refractivity contribution in [3.63, 3.8) is 0 Å². The molecule has 2 rings (SSSR count). The quantitative estimate of drug-likeness (QED) is 0.511. The van der Waals surface area contributed by atoms with Gasteiger partial charge in [0.25, 0.3) is 0 Å². The van der Waals surface area contributed by atoms with E-state index in [0.29, 0.717) is 6.61 Å². The highest BCUT2D eigenvalue weighted by atomic mass is 79.9. The van der Waals surface area contributed by atoms with Gasteiger partial charge in [-0.05, 0) is 41.4 Å². The van der Waals surface area contributed by atoms with Crippen LogP contribution in [0.1, 0.15) is 24.9 Å². The van der Waals surface area contributed by atoms with Crippen LogP contribution >= 0.6 is 15.9 Å². The predicted molar refractivity (Wildman–Crippen MR) is 67.6 cm³/mol. The molecule has 1 saturated heterocycles. The molecule has 0 aliphatic carbocycles. The summed E-state index contributed by atoms with van der Waals surface area (Å²) in [5, 5.41) is 0. The molecule has 100 valence electrons. The number of hydrogen-bond acceptors (Lipinski definition) is 3. The van der Waals surface area contributed by atoms with Crippen LogP contribution in [0.25, 0.3) is 0 Å². The SMILES string of the molecule is CC1CC(C(NN)c2c(F)ccc(Br)c2F)CO1. The van der Waals surface area contributed by atoms with Crippen molar-refractivity contribution in [2.75, 3.05) is 6.61 Å². The second-order valence-electron chi connectivity index (χ2n) is 4.54. The van der Waals surface area contributed by atoms with Crippen LogP contribution in [0.3, 0.4) is 0 Å². The van der Waals surface area contributed by atoms with E-state index in [2.05, 4.69) is 21.4 Å². The fourth-order valence-electron chi connectivity index (χ4n) is 2.37. The van der Waals surface area contributed by atoms with E-state index in [0.717, 1.165) is 6.42 Å². The number of hydrogen-bond donors (Lipinski definition) is 2. The van der Waals surface area contributed by atoms with Crippen molar-refractivity contribution in [1.82, 2.24) is 5.43 Å². The summed E-state index contributed by atoms with van der Waals surface area (Å²) in [6.45, 7) is 2.38. The summed E-state index contributed by atoms with van der Waals surface area (Å²) in [5.74, 6) is 4.21. The average Bonchev–Trinajstić information content (AvgIpc) is 2.76. The van der Waals surface area contributed by atoms with Crippen LogP contribution in [-0.2, 0) is 4.74 Å². The Bertz CT molecular complexity index is 444. The number of hydrazine groups is 1. The predicted octanol–water partition coefficient (Wildman–Crippen LogP) is 2.66. The van der Waals surface area contributed by atoms with E-state index < -0.39 is 17.7 Å². The molecule has 0 aromatic heterocycles. The molecule has 0 amide bonds. The minimum atomic E-state index is -0.613. The molecule has 0 saturated carbocycles. The average molecular weight is 321 g/mol. The molecule has 1 aliphatic heterocycles. The first-order chi connectivity index (χ1) is 8.54. The molecule has 18 heavy (non-hydrogen) atoms. The van der Waals surface area contributed by atoms with Crippen molar-refractivity contribution in [2.45, 2.75) is 25.5 Å². The van der Waals surface area contributed by atoms with Gasteiger partial charge in [-0.3, -0.25) is 11.3 Å². The Morgan fingerprint density at radius 2 is 2.22 bits per heavy atom. The summed E-state index contributed by atoms with van der Waals surface area (Å²) in [4.78, 5) is 0. The van der Waals surface area contributed by atoms with Gasteiger partial charge in [0.15, 0.2) is 0 Å². The van der Waals surface area contributed by atoms with Crippen molar-refractivity contribution in [3.8, 4) is 0 Å². The molecule has 0 bridgehead atoms. The fraction of sp³-hybridized carbons (Fsp3) is 0.500. The van der Waals surface area contributed by atoms with Crippen molar-refractivity contribution >= 4 is 15.9 Å². The zero-order valence-electron chi connectivity index (χ0n) is 9.92. The Balaban J connectivity index is 2.36. The molecule has 1 heterocycles. The highest BCUT2D eigenvalue weighted by molar-refractivity contribution is 9.10. The minimum Gasteiger partial charge on any atom is -0.378 e. The van der Waals surface area contributed by atoms with Crippen LogP contribution < -0.4 is 11.3 Å². The molecule has 6 heteroatoms. The monoisotopic (exact) mass is 320 g/mol. The lowest BCUT2D eigenvalue weighted by atomic mass is 9.91. The van der Waals surface area contributed by atoms with Gasteiger partial charge >= 0.3 is 0 Å². The van der Waals surface area contributed by atoms with Gasteiger partial charge in [-0.15, -0.1) is 0 Å². The van der Waals surface area contributed by atoms with Gasteiger partial charge in [0.1, 0.15) is 11.6 Å². The van der Waals surface area contributed by atoms with E-state index >= 15 is 0 Å². The number of nitrogens with two attached hydrogens (primary N) is 1. The summed E-state index contributed by atoms with van der Waals surface area (Å²) in [6.07, 6.45) is 0.810. The van der Waals surface area contributed by atoms with Crippen molar-refractivity contribution in [2.24, 2.45) is 11.8 Å². The number of nitrogens with one attached hydrogen (secondary N) is 1. The number of benzene rings is 1. The maximum Gasteiger partial charge on any atom is 0.145 e. The van der Waals surface area contributed by atoms with Gasteiger partial charge in [-0.25, -0.2) is 8.78 Å². The Labute approximate surface area is 113 Å². The lowest BCUT2D eigenvalue weighted by molar-refractivity contribution is 0.116. The van der Waals surface area contributed by atoms with Gasteiger partial charge in [0, 0.05) is 11.5 Å². The Morgan fingerprint density at radius 3 is 2.78 bits per heavy atom. The normalized spacial score (nSPS) is 25.4. The van der Waals surface area contributed by atoms with Crippen LogP contribution in [0, 0.1) is 17.6 Å². The summed E-state index contributed by atoms with van der Waals surface area (Å²) in [6, 6.07) is 1.98. The van der Waals surface area contributed by atoms with Crippen LogP contribution in [-0.4, -0.2) is 12.7 Å². The molecular weight excluding hydrogens is 306 g/mol. The van der Waals surface area contributed by atoms with E-state index in [1.165, 1.54) is 12.1 Å². The summed E-state index contributed by atoms with van der Waals surface area (Å²) in [7, 11) is 0. The molecule has 1 aromatic carbocycles. The molecule has 3 atom stereocenters. The summed E-state index contributed by atoms with van der Waals surface area (Å²) < 4.78 is 33.5. The first-order valence-electron chi connectivity index (χ1n) is 5.75. The standard InChI is InChI=1S/C12H15BrF2N2O/c1-6-4-7(5-18-6)12(17-16)10-9(14)3-2-8(13)11(10)15/h2-3,6-7,12,17H,4-5,16H2,1H3. The lowest BCUT2D eigenvalue weighted by Crippen LogP contribution is -2.35. The van der Waals surface area contributed by atoms with E-state index in [4.69, 9.17) is 10.6 Å². The van der Waals surface area contributed by atoms with E-state index in [1.54, 1.807) is 0 Å². The number of halogens is 3. The van der Waals surface area contributed by atoms with Gasteiger partial charge < -0.3 is 4.74 Å². The van der Waals surface area contributed by atoms with E-state index in [-0.39, 0.29) is 22.1 Å². The van der Waals surface area contributed by atoms with Crippen LogP contribution in [0.2, 0.25) is 0 Å². The van der Waals surface area contributed by atoms with Crippen LogP contribution in [0.5, 0.6) is 0 Å². The highest BCUT2D eigenvalue weighted by Crippen LogP contribution is 2.35. The third kappa shape index (κ3) is 2.56. The number of rotatable bonds is 3. The summed E-state index contributed by atoms with van der Waals surface area (Å²) >= 11 is 3.06. The summed E-state index contributed by atoms with van der Waals surface area (Å²) in [5.41, 5.74) is 2.48. The molecule has 3 unspecified atom stereocenters. The Morgan fingerprint density at radius 1 is 1.50 bits per heavy atom. The second-order valence-corrected chi connectivity index (χ2v) is 5.40. The fourth-order valence-corrected chi connectivity index (χ4v) is 2.71. The Kier molecular flexibility index (Phi) is 4.32. The molecule has 1 fully saturated rings. The van der Waals surface area contributed by atoms with Gasteiger partial charge in [0.2, 0.25) is 0 Å². The maximum absolute atomic E-state index is 14.0. The molecule has 0 spiro atoms. The van der Waals surface area contributed by atoms with Gasteiger partial charge in [0.05, 0.1) is 23.2 Å². The van der Waals surface area contributed by atoms with E-state index in [1.807, 2.05) is 6.92 Å². The van der Waals surface area contributed by atoms with E-state index in [9.17, 15) is 8.78 Å². The minimum absolute atomic E-state index is 0.0328. The van der Waals surface area contributed by atoms with Crippen LogP contribution in [0.4, 0.5) is 8.78 Å². The first-order valence-corrected chi connectivity index (χ1v) is 6.55. The zero-order valence-corrected chi connectivity index (χ0v) is 11.5. The highest BCUT2D eigenvalue weighted by Gasteiger charge is 2.33.